The molecule has 1 saturated heterocycles. The molecule has 4 rings (SSSR count). The minimum atomic E-state index is -0.586. The van der Waals surface area contributed by atoms with Crippen LogP contribution < -0.4 is 5.32 Å². The third-order valence-electron chi connectivity index (χ3n) is 7.19. The van der Waals surface area contributed by atoms with Crippen molar-refractivity contribution in [2.45, 2.75) is 40.0 Å². The molecule has 1 aromatic carbocycles. The highest BCUT2D eigenvalue weighted by atomic mass is 32.1. The second-order valence-corrected chi connectivity index (χ2v) is 9.94. The van der Waals surface area contributed by atoms with Crippen molar-refractivity contribution in [3.63, 3.8) is 0 Å². The van der Waals surface area contributed by atoms with E-state index in [0.717, 1.165) is 0 Å². The van der Waals surface area contributed by atoms with Crippen molar-refractivity contribution in [3.05, 3.63) is 39.8 Å². The highest BCUT2D eigenvalue weighted by Crippen LogP contribution is 2.60. The second kappa shape index (κ2) is 7.77. The summed E-state index contributed by atoms with van der Waals surface area (Å²) in [4.78, 5) is 54.3. The monoisotopic (exact) mass is 456 g/mol. The van der Waals surface area contributed by atoms with Crippen molar-refractivity contribution >= 4 is 39.9 Å². The van der Waals surface area contributed by atoms with Gasteiger partial charge in [0.25, 0.3) is 5.69 Å². The molecule has 0 spiro atoms. The standard InChI is InChI=1S/C22H24N4O5S/c1-21(2)15-8-10-22(21,3)19(29)25(18(15)28)11-9-17(27)24-20-23-16(12-32-20)13-4-6-14(7-5-13)26(30)31/h4-7,12,15H,8-11H2,1-3H3,(H,23,24,27). The molecule has 1 saturated carbocycles. The van der Waals surface area contributed by atoms with Gasteiger partial charge in [0, 0.05) is 42.0 Å². The van der Waals surface area contributed by atoms with Crippen molar-refractivity contribution in [1.82, 2.24) is 9.88 Å². The van der Waals surface area contributed by atoms with E-state index in [0.29, 0.717) is 29.2 Å². The SMILES string of the molecule is CC12CCC(C(=O)N(CCC(=O)Nc3nc(-c4ccc([N+](=O)[O-])cc4)cs3)C1=O)C2(C)C. The molecule has 1 aliphatic heterocycles. The van der Waals surface area contributed by atoms with Gasteiger partial charge in [-0.3, -0.25) is 29.4 Å². The smallest absolute Gasteiger partial charge is 0.269 e. The summed E-state index contributed by atoms with van der Waals surface area (Å²) in [6.45, 7) is 5.93. The predicted molar refractivity (Wildman–Crippen MR) is 119 cm³/mol. The number of nitro groups is 1. The summed E-state index contributed by atoms with van der Waals surface area (Å²) < 4.78 is 0. The number of imide groups is 1. The lowest BCUT2D eigenvalue weighted by molar-refractivity contribution is -0.384. The molecule has 2 atom stereocenters. The maximum absolute atomic E-state index is 13.0. The maximum Gasteiger partial charge on any atom is 0.269 e. The first kappa shape index (κ1) is 22.1. The first-order valence-electron chi connectivity index (χ1n) is 10.4. The number of benzene rings is 1. The third kappa shape index (κ3) is 3.48. The molecule has 2 aliphatic rings. The van der Waals surface area contributed by atoms with Crippen LogP contribution in [0.3, 0.4) is 0 Å². The Balaban J connectivity index is 1.37. The van der Waals surface area contributed by atoms with Crippen LogP contribution in [0, 0.1) is 26.9 Å². The Hall–Kier alpha value is -3.14. The number of non-ortho nitro benzene ring substituents is 1. The zero-order valence-corrected chi connectivity index (χ0v) is 18.9. The first-order valence-corrected chi connectivity index (χ1v) is 11.3. The second-order valence-electron chi connectivity index (χ2n) is 9.08. The molecule has 1 aromatic heterocycles. The van der Waals surface area contributed by atoms with Crippen molar-refractivity contribution in [1.29, 1.82) is 0 Å². The number of nitro benzene ring substituents is 1. The maximum atomic E-state index is 13.0. The zero-order valence-electron chi connectivity index (χ0n) is 18.1. The van der Waals surface area contributed by atoms with E-state index in [-0.39, 0.29) is 47.7 Å². The van der Waals surface area contributed by atoms with Gasteiger partial charge in [-0.2, -0.15) is 0 Å². The van der Waals surface area contributed by atoms with Crippen molar-refractivity contribution < 1.29 is 19.3 Å². The summed E-state index contributed by atoms with van der Waals surface area (Å²) in [7, 11) is 0. The molecule has 1 aliphatic carbocycles. The number of fused-ring (bicyclic) bond motifs is 2. The van der Waals surface area contributed by atoms with E-state index in [1.165, 1.54) is 28.4 Å². The quantitative estimate of drug-likeness (QED) is 0.400. The summed E-state index contributed by atoms with van der Waals surface area (Å²) in [5.74, 6) is -0.907. The van der Waals surface area contributed by atoms with Gasteiger partial charge in [0.05, 0.1) is 16.0 Å². The van der Waals surface area contributed by atoms with Gasteiger partial charge < -0.3 is 5.32 Å². The fraction of sp³-hybridized carbons (Fsp3) is 0.455. The molecule has 32 heavy (non-hydrogen) atoms. The number of carbonyl (C=O) groups excluding carboxylic acids is 3. The highest BCUT2D eigenvalue weighted by molar-refractivity contribution is 7.14. The molecular weight excluding hydrogens is 432 g/mol. The number of likely N-dealkylation sites (tertiary alicyclic amines) is 1. The van der Waals surface area contributed by atoms with Crippen LogP contribution in [0.2, 0.25) is 0 Å². The topological polar surface area (TPSA) is 123 Å². The fourth-order valence-corrected chi connectivity index (χ4v) is 5.46. The van der Waals surface area contributed by atoms with E-state index in [4.69, 9.17) is 0 Å². The number of aromatic nitrogens is 1. The Labute approximate surface area is 189 Å². The van der Waals surface area contributed by atoms with Gasteiger partial charge in [-0.05, 0) is 30.4 Å². The average molecular weight is 457 g/mol. The molecule has 2 fully saturated rings. The average Bonchev–Trinajstić information content (AvgIpc) is 3.27. The van der Waals surface area contributed by atoms with Crippen molar-refractivity contribution in [3.8, 4) is 11.3 Å². The van der Waals surface area contributed by atoms with Crippen molar-refractivity contribution in [2.24, 2.45) is 16.7 Å². The Kier molecular flexibility index (Phi) is 5.36. The minimum absolute atomic E-state index is 0.00679. The predicted octanol–water partition coefficient (Wildman–Crippen LogP) is 3.86. The lowest BCUT2D eigenvalue weighted by Crippen LogP contribution is -2.59. The fourth-order valence-electron chi connectivity index (χ4n) is 4.73. The third-order valence-corrected chi connectivity index (χ3v) is 7.95. The van der Waals surface area contributed by atoms with E-state index in [1.807, 2.05) is 20.8 Å². The molecule has 2 heterocycles. The molecule has 10 heteroatoms. The largest absolute Gasteiger partial charge is 0.302 e. The number of thiazole rings is 1. The first-order chi connectivity index (χ1) is 15.0. The van der Waals surface area contributed by atoms with Crippen molar-refractivity contribution in [2.75, 3.05) is 11.9 Å². The van der Waals surface area contributed by atoms with Gasteiger partial charge in [-0.15, -0.1) is 11.3 Å². The van der Waals surface area contributed by atoms with Crippen LogP contribution in [0.4, 0.5) is 10.8 Å². The lowest BCUT2D eigenvalue weighted by atomic mass is 9.62. The van der Waals surface area contributed by atoms with E-state index in [1.54, 1.807) is 17.5 Å². The van der Waals surface area contributed by atoms with Gasteiger partial charge in [-0.1, -0.05) is 20.8 Å². The lowest BCUT2D eigenvalue weighted by Gasteiger charge is -2.47. The Morgan fingerprint density at radius 1 is 1.28 bits per heavy atom. The summed E-state index contributed by atoms with van der Waals surface area (Å²) in [5, 5.41) is 15.6. The molecular formula is C22H24N4O5S. The number of hydrogen-bond acceptors (Lipinski definition) is 7. The van der Waals surface area contributed by atoms with Gasteiger partial charge in [0.1, 0.15) is 0 Å². The molecule has 2 unspecified atom stereocenters. The van der Waals surface area contributed by atoms with Gasteiger partial charge in [-0.25, -0.2) is 4.98 Å². The number of anilines is 1. The van der Waals surface area contributed by atoms with E-state index >= 15 is 0 Å². The van der Waals surface area contributed by atoms with Crippen LogP contribution in [-0.2, 0) is 14.4 Å². The number of amides is 3. The van der Waals surface area contributed by atoms with Crippen LogP contribution >= 0.6 is 11.3 Å². The van der Waals surface area contributed by atoms with E-state index in [2.05, 4.69) is 10.3 Å². The van der Waals surface area contributed by atoms with Gasteiger partial charge >= 0.3 is 0 Å². The molecule has 1 N–H and O–H groups in total. The Morgan fingerprint density at radius 2 is 1.97 bits per heavy atom. The highest BCUT2D eigenvalue weighted by Gasteiger charge is 2.64. The number of carbonyl (C=O) groups is 3. The summed E-state index contributed by atoms with van der Waals surface area (Å²) in [5.41, 5.74) is 0.313. The number of rotatable bonds is 6. The van der Waals surface area contributed by atoms with Gasteiger partial charge in [0.2, 0.25) is 17.7 Å². The molecule has 3 amide bonds. The van der Waals surface area contributed by atoms with Crippen LogP contribution in [0.25, 0.3) is 11.3 Å². The minimum Gasteiger partial charge on any atom is -0.302 e. The number of hydrogen-bond donors (Lipinski definition) is 1. The summed E-state index contributed by atoms with van der Waals surface area (Å²) in [6, 6.07) is 5.99. The van der Waals surface area contributed by atoms with E-state index in [9.17, 15) is 24.5 Å². The van der Waals surface area contributed by atoms with Crippen LogP contribution in [-0.4, -0.2) is 39.1 Å². The van der Waals surface area contributed by atoms with Crippen LogP contribution in [0.1, 0.15) is 40.0 Å². The number of piperidine rings is 1. The zero-order chi connectivity index (χ0) is 23.3. The summed E-state index contributed by atoms with van der Waals surface area (Å²) in [6.07, 6.45) is 1.37. The Bertz CT molecular complexity index is 1110. The molecule has 2 bridgehead atoms. The molecule has 168 valence electrons. The number of nitrogens with one attached hydrogen (secondary N) is 1. The summed E-state index contributed by atoms with van der Waals surface area (Å²) >= 11 is 1.23. The van der Waals surface area contributed by atoms with Gasteiger partial charge in [0.15, 0.2) is 5.13 Å². The van der Waals surface area contributed by atoms with Crippen LogP contribution in [0.5, 0.6) is 0 Å². The number of nitrogens with zero attached hydrogens (tertiary/aromatic N) is 3. The molecule has 9 nitrogen and oxygen atoms in total. The van der Waals surface area contributed by atoms with E-state index < -0.39 is 10.3 Å². The Morgan fingerprint density at radius 3 is 2.62 bits per heavy atom. The molecule has 2 aromatic rings. The normalized spacial score (nSPS) is 24.0. The molecule has 0 radical (unpaired) electrons. The van der Waals surface area contributed by atoms with Crippen LogP contribution in [0.15, 0.2) is 29.6 Å².